The van der Waals surface area contributed by atoms with Gasteiger partial charge in [-0.1, -0.05) is 6.07 Å². The normalized spacial score (nSPS) is 11.6. The van der Waals surface area contributed by atoms with Crippen LogP contribution < -0.4 is 5.32 Å². The number of thiophene rings is 1. The van der Waals surface area contributed by atoms with Crippen LogP contribution in [0, 0.1) is 0 Å². The Labute approximate surface area is 194 Å². The molecule has 0 amide bonds. The number of aromatic nitrogens is 5. The lowest BCUT2D eigenvalue weighted by Gasteiger charge is -2.11. The second-order valence-electron chi connectivity index (χ2n) is 8.41. The zero-order valence-electron chi connectivity index (χ0n) is 18.3. The van der Waals surface area contributed by atoms with Crippen molar-refractivity contribution in [3.8, 4) is 33.6 Å². The number of pyridine rings is 2. The molecule has 0 saturated carbocycles. The maximum atomic E-state index is 4.63. The third kappa shape index (κ3) is 3.56. The molecule has 3 N–H and O–H groups in total. The van der Waals surface area contributed by atoms with Crippen molar-refractivity contribution >= 4 is 39.0 Å². The van der Waals surface area contributed by atoms with Gasteiger partial charge in [-0.25, -0.2) is 4.98 Å². The fraction of sp³-hybridized carbons (Fsp3) is 0.115. The Bertz CT molecular complexity index is 1580. The number of fused-ring (bicyclic) bond motifs is 2. The summed E-state index contributed by atoms with van der Waals surface area (Å²) < 4.78 is 0. The molecule has 5 heterocycles. The monoisotopic (exact) mass is 450 g/mol. The molecule has 5 aromatic heterocycles. The molecular formula is C26H22N6S. The van der Waals surface area contributed by atoms with Crippen LogP contribution in [0.25, 0.3) is 55.6 Å². The molecule has 0 spiro atoms. The highest BCUT2D eigenvalue weighted by molar-refractivity contribution is 7.08. The Hall–Kier alpha value is -3.97. The van der Waals surface area contributed by atoms with Crippen molar-refractivity contribution in [2.45, 2.75) is 19.9 Å². The van der Waals surface area contributed by atoms with E-state index in [9.17, 15) is 0 Å². The van der Waals surface area contributed by atoms with E-state index < -0.39 is 0 Å². The van der Waals surface area contributed by atoms with Crippen molar-refractivity contribution in [1.82, 2.24) is 25.1 Å². The fourth-order valence-corrected chi connectivity index (χ4v) is 4.89. The van der Waals surface area contributed by atoms with Gasteiger partial charge in [-0.05, 0) is 77.7 Å². The maximum Gasteiger partial charge on any atom is 0.138 e. The SMILES string of the molecule is CC(C)Nc1cncc(-c2ccc3[nH]nc(-c4cc5c(-c6ccsc6)ccnc5[nH]4)c3c2)c1. The second-order valence-corrected chi connectivity index (χ2v) is 9.19. The fourth-order valence-electron chi connectivity index (χ4n) is 4.23. The quantitative estimate of drug-likeness (QED) is 0.272. The van der Waals surface area contributed by atoms with Crippen molar-refractivity contribution in [3.05, 3.63) is 71.8 Å². The van der Waals surface area contributed by atoms with Gasteiger partial charge in [0.05, 0.1) is 16.9 Å². The third-order valence-electron chi connectivity index (χ3n) is 5.71. The van der Waals surface area contributed by atoms with Gasteiger partial charge in [-0.15, -0.1) is 0 Å². The van der Waals surface area contributed by atoms with E-state index in [4.69, 9.17) is 0 Å². The van der Waals surface area contributed by atoms with E-state index in [2.05, 4.69) is 97.5 Å². The zero-order valence-corrected chi connectivity index (χ0v) is 19.1. The van der Waals surface area contributed by atoms with E-state index in [0.717, 1.165) is 50.1 Å². The number of rotatable bonds is 5. The summed E-state index contributed by atoms with van der Waals surface area (Å²) in [5.41, 5.74) is 9.21. The highest BCUT2D eigenvalue weighted by atomic mass is 32.1. The summed E-state index contributed by atoms with van der Waals surface area (Å²) in [6, 6.07) is 15.2. The lowest BCUT2D eigenvalue weighted by atomic mass is 10.0. The number of hydrogen-bond donors (Lipinski definition) is 3. The molecule has 0 radical (unpaired) electrons. The van der Waals surface area contributed by atoms with Crippen LogP contribution in [0.15, 0.2) is 71.8 Å². The summed E-state index contributed by atoms with van der Waals surface area (Å²) in [5, 5.41) is 17.6. The van der Waals surface area contributed by atoms with Crippen LogP contribution in [0.2, 0.25) is 0 Å². The van der Waals surface area contributed by atoms with Gasteiger partial charge in [0.25, 0.3) is 0 Å². The Morgan fingerprint density at radius 2 is 1.88 bits per heavy atom. The van der Waals surface area contributed by atoms with Crippen LogP contribution in [-0.2, 0) is 0 Å². The average molecular weight is 451 g/mol. The molecule has 33 heavy (non-hydrogen) atoms. The maximum absolute atomic E-state index is 4.63. The smallest absolute Gasteiger partial charge is 0.138 e. The highest BCUT2D eigenvalue weighted by Crippen LogP contribution is 2.35. The second kappa shape index (κ2) is 7.86. The molecule has 6 nitrogen and oxygen atoms in total. The minimum Gasteiger partial charge on any atom is -0.382 e. The number of anilines is 1. The van der Waals surface area contributed by atoms with Crippen molar-refractivity contribution < 1.29 is 0 Å². The molecule has 7 heteroatoms. The minimum absolute atomic E-state index is 0.347. The Kier molecular flexibility index (Phi) is 4.69. The van der Waals surface area contributed by atoms with E-state index >= 15 is 0 Å². The first-order chi connectivity index (χ1) is 16.2. The van der Waals surface area contributed by atoms with Gasteiger partial charge >= 0.3 is 0 Å². The molecule has 1 aromatic carbocycles. The summed E-state index contributed by atoms with van der Waals surface area (Å²) in [4.78, 5) is 12.5. The molecule has 6 rings (SSSR count). The van der Waals surface area contributed by atoms with Crippen LogP contribution in [0.4, 0.5) is 5.69 Å². The standard InChI is InChI=1S/C26H22N6S/c1-15(2)29-19-9-18(12-27-13-19)16-3-4-23-22(10-16)25(32-31-23)24-11-21-20(17-6-8-33-14-17)5-7-28-26(21)30-24/h3-15,29H,1-2H3,(H,28,30)(H,31,32). The highest BCUT2D eigenvalue weighted by Gasteiger charge is 2.15. The van der Waals surface area contributed by atoms with Gasteiger partial charge in [-0.3, -0.25) is 10.1 Å². The van der Waals surface area contributed by atoms with Crippen molar-refractivity contribution in [1.29, 1.82) is 0 Å². The Balaban J connectivity index is 1.45. The van der Waals surface area contributed by atoms with Gasteiger partial charge in [0.1, 0.15) is 11.3 Å². The topological polar surface area (TPSA) is 82.3 Å². The molecule has 0 atom stereocenters. The number of aromatic amines is 2. The predicted molar refractivity (Wildman–Crippen MR) is 136 cm³/mol. The molecule has 6 aromatic rings. The molecule has 0 unspecified atom stereocenters. The molecule has 162 valence electrons. The molecular weight excluding hydrogens is 428 g/mol. The van der Waals surface area contributed by atoms with Gasteiger partial charge in [-0.2, -0.15) is 16.4 Å². The van der Waals surface area contributed by atoms with E-state index in [1.165, 1.54) is 11.1 Å². The summed E-state index contributed by atoms with van der Waals surface area (Å²) >= 11 is 1.70. The van der Waals surface area contributed by atoms with Crippen LogP contribution >= 0.6 is 11.3 Å². The molecule has 0 aliphatic rings. The van der Waals surface area contributed by atoms with Gasteiger partial charge in [0.2, 0.25) is 0 Å². The summed E-state index contributed by atoms with van der Waals surface area (Å²) in [6.07, 6.45) is 5.60. The predicted octanol–water partition coefficient (Wildman–Crippen LogP) is 6.72. The first kappa shape index (κ1) is 19.7. The summed E-state index contributed by atoms with van der Waals surface area (Å²) in [7, 11) is 0. The average Bonchev–Trinajstić information content (AvgIpc) is 3.57. The largest absolute Gasteiger partial charge is 0.382 e. The Morgan fingerprint density at radius 1 is 0.939 bits per heavy atom. The van der Waals surface area contributed by atoms with Crippen molar-refractivity contribution in [3.63, 3.8) is 0 Å². The molecule has 0 bridgehead atoms. The molecule has 0 aliphatic heterocycles. The van der Waals surface area contributed by atoms with Crippen LogP contribution in [0.3, 0.4) is 0 Å². The molecule has 0 aliphatic carbocycles. The van der Waals surface area contributed by atoms with Gasteiger partial charge in [0, 0.05) is 41.0 Å². The minimum atomic E-state index is 0.347. The number of benzene rings is 1. The third-order valence-corrected chi connectivity index (χ3v) is 6.39. The number of nitrogens with one attached hydrogen (secondary N) is 3. The lowest BCUT2D eigenvalue weighted by molar-refractivity contribution is 0.898. The Morgan fingerprint density at radius 3 is 2.73 bits per heavy atom. The van der Waals surface area contributed by atoms with Gasteiger partial charge in [0.15, 0.2) is 0 Å². The van der Waals surface area contributed by atoms with Crippen LogP contribution in [0.5, 0.6) is 0 Å². The zero-order chi connectivity index (χ0) is 22.4. The number of hydrogen-bond acceptors (Lipinski definition) is 5. The van der Waals surface area contributed by atoms with E-state index in [-0.39, 0.29) is 0 Å². The molecule has 0 saturated heterocycles. The van der Waals surface area contributed by atoms with Crippen molar-refractivity contribution in [2.75, 3.05) is 5.32 Å². The van der Waals surface area contributed by atoms with Crippen LogP contribution in [-0.4, -0.2) is 31.2 Å². The first-order valence-corrected chi connectivity index (χ1v) is 11.8. The van der Waals surface area contributed by atoms with Gasteiger partial charge < -0.3 is 10.3 Å². The molecule has 0 fully saturated rings. The first-order valence-electron chi connectivity index (χ1n) is 10.9. The summed E-state index contributed by atoms with van der Waals surface area (Å²) in [6.45, 7) is 4.24. The summed E-state index contributed by atoms with van der Waals surface area (Å²) in [5.74, 6) is 0. The van der Waals surface area contributed by atoms with Crippen molar-refractivity contribution in [2.24, 2.45) is 0 Å². The number of nitrogens with zero attached hydrogens (tertiary/aromatic N) is 3. The van der Waals surface area contributed by atoms with E-state index in [0.29, 0.717) is 6.04 Å². The van der Waals surface area contributed by atoms with E-state index in [1.807, 2.05) is 18.6 Å². The lowest BCUT2D eigenvalue weighted by Crippen LogP contribution is -2.09. The number of H-pyrrole nitrogens is 2. The van der Waals surface area contributed by atoms with E-state index in [1.54, 1.807) is 11.3 Å². The van der Waals surface area contributed by atoms with Crippen LogP contribution in [0.1, 0.15) is 13.8 Å².